The van der Waals surface area contributed by atoms with Gasteiger partial charge in [0.05, 0.1) is 6.10 Å². The molecule has 1 aromatic rings. The van der Waals surface area contributed by atoms with Gasteiger partial charge in [0.15, 0.2) is 0 Å². The smallest absolute Gasteiger partial charge is 0.140 e. The number of benzene rings is 1. The van der Waals surface area contributed by atoms with Crippen LogP contribution in [0.3, 0.4) is 0 Å². The summed E-state index contributed by atoms with van der Waals surface area (Å²) in [7, 11) is 0. The third kappa shape index (κ3) is 3.66. The van der Waals surface area contributed by atoms with E-state index in [-0.39, 0.29) is 12.0 Å². The number of carbonyl (C=O) groups is 1. The van der Waals surface area contributed by atoms with Crippen LogP contribution >= 0.6 is 0 Å². The van der Waals surface area contributed by atoms with Gasteiger partial charge in [-0.2, -0.15) is 0 Å². The molecule has 1 aliphatic rings. The Morgan fingerprint density at radius 2 is 2.00 bits per heavy atom. The summed E-state index contributed by atoms with van der Waals surface area (Å²) in [5, 5.41) is 10.1. The zero-order chi connectivity index (χ0) is 13.7. The van der Waals surface area contributed by atoms with Crippen LogP contribution in [0.5, 0.6) is 0 Å². The summed E-state index contributed by atoms with van der Waals surface area (Å²) in [6, 6.07) is 8.01. The van der Waals surface area contributed by atoms with Crippen LogP contribution in [0, 0.1) is 0 Å². The predicted molar refractivity (Wildman–Crippen MR) is 77.1 cm³/mol. The van der Waals surface area contributed by atoms with Crippen molar-refractivity contribution in [2.45, 2.75) is 63.9 Å². The molecular formula is C17H24O2. The first-order valence-corrected chi connectivity index (χ1v) is 7.53. The van der Waals surface area contributed by atoms with Gasteiger partial charge in [0.1, 0.15) is 5.78 Å². The highest BCUT2D eigenvalue weighted by Crippen LogP contribution is 2.32. The number of rotatable bonds is 6. The number of aliphatic hydroxyl groups excluding tert-OH is 1. The second-order valence-corrected chi connectivity index (χ2v) is 5.59. The highest BCUT2D eigenvalue weighted by atomic mass is 16.3. The SMILES string of the molecule is CCCCCC(O)c1ccc(C2CCCC2=O)cc1. The maximum Gasteiger partial charge on any atom is 0.140 e. The first kappa shape index (κ1) is 14.3. The first-order valence-electron chi connectivity index (χ1n) is 7.53. The number of aliphatic hydroxyl groups is 1. The Kier molecular flexibility index (Phi) is 5.15. The Bertz CT molecular complexity index is 408. The molecule has 104 valence electrons. The number of ketones is 1. The van der Waals surface area contributed by atoms with Gasteiger partial charge in [-0.3, -0.25) is 4.79 Å². The van der Waals surface area contributed by atoms with Gasteiger partial charge in [-0.1, -0.05) is 50.5 Å². The Labute approximate surface area is 115 Å². The molecular weight excluding hydrogens is 236 g/mol. The van der Waals surface area contributed by atoms with Crippen molar-refractivity contribution in [2.75, 3.05) is 0 Å². The lowest BCUT2D eigenvalue weighted by Gasteiger charge is -2.13. The van der Waals surface area contributed by atoms with Gasteiger partial charge in [-0.05, 0) is 30.4 Å². The summed E-state index contributed by atoms with van der Waals surface area (Å²) < 4.78 is 0. The molecule has 1 fully saturated rings. The Balaban J connectivity index is 1.95. The molecule has 19 heavy (non-hydrogen) atoms. The van der Waals surface area contributed by atoms with Gasteiger partial charge >= 0.3 is 0 Å². The van der Waals surface area contributed by atoms with Crippen molar-refractivity contribution in [3.8, 4) is 0 Å². The van der Waals surface area contributed by atoms with Crippen molar-refractivity contribution in [2.24, 2.45) is 0 Å². The Hall–Kier alpha value is -1.15. The van der Waals surface area contributed by atoms with E-state index >= 15 is 0 Å². The predicted octanol–water partition coefficient (Wildman–Crippen LogP) is 4.14. The molecule has 2 heteroatoms. The summed E-state index contributed by atoms with van der Waals surface area (Å²) >= 11 is 0. The van der Waals surface area contributed by atoms with Gasteiger partial charge in [0.2, 0.25) is 0 Å². The maximum absolute atomic E-state index is 11.7. The first-order chi connectivity index (χ1) is 9.22. The molecule has 2 nitrogen and oxygen atoms in total. The van der Waals surface area contributed by atoms with Crippen LogP contribution in [0.4, 0.5) is 0 Å². The van der Waals surface area contributed by atoms with Crippen molar-refractivity contribution in [1.82, 2.24) is 0 Å². The summed E-state index contributed by atoms with van der Waals surface area (Å²) in [6.07, 6.45) is 6.62. The number of hydrogen-bond donors (Lipinski definition) is 1. The van der Waals surface area contributed by atoms with E-state index in [4.69, 9.17) is 0 Å². The quantitative estimate of drug-likeness (QED) is 0.781. The molecule has 2 unspecified atom stereocenters. The van der Waals surface area contributed by atoms with E-state index in [1.165, 1.54) is 12.8 Å². The second kappa shape index (κ2) is 6.85. The van der Waals surface area contributed by atoms with Crippen LogP contribution < -0.4 is 0 Å². The van der Waals surface area contributed by atoms with Crippen LogP contribution in [0.2, 0.25) is 0 Å². The van der Waals surface area contributed by atoms with Crippen molar-refractivity contribution in [3.63, 3.8) is 0 Å². The monoisotopic (exact) mass is 260 g/mol. The number of Topliss-reactive ketones (excluding diaryl/α,β-unsaturated/α-hetero) is 1. The van der Waals surface area contributed by atoms with E-state index in [1.54, 1.807) is 0 Å². The highest BCUT2D eigenvalue weighted by molar-refractivity contribution is 5.87. The molecule has 1 aromatic carbocycles. The summed E-state index contributed by atoms with van der Waals surface area (Å²) in [4.78, 5) is 11.7. The van der Waals surface area contributed by atoms with Crippen molar-refractivity contribution < 1.29 is 9.90 Å². The third-order valence-corrected chi connectivity index (χ3v) is 4.11. The molecule has 2 rings (SSSR count). The number of unbranched alkanes of at least 4 members (excludes halogenated alkanes) is 2. The van der Waals surface area contributed by atoms with E-state index in [0.29, 0.717) is 5.78 Å². The number of carbonyl (C=O) groups excluding carboxylic acids is 1. The van der Waals surface area contributed by atoms with Crippen LogP contribution in [0.25, 0.3) is 0 Å². The highest BCUT2D eigenvalue weighted by Gasteiger charge is 2.25. The van der Waals surface area contributed by atoms with Gasteiger partial charge in [-0.25, -0.2) is 0 Å². The molecule has 0 aliphatic heterocycles. The van der Waals surface area contributed by atoms with Gasteiger partial charge in [0, 0.05) is 12.3 Å². The average Bonchev–Trinajstić information content (AvgIpc) is 2.85. The normalized spacial score (nSPS) is 20.7. The van der Waals surface area contributed by atoms with Crippen molar-refractivity contribution in [3.05, 3.63) is 35.4 Å². The topological polar surface area (TPSA) is 37.3 Å². The summed E-state index contributed by atoms with van der Waals surface area (Å²) in [6.45, 7) is 2.17. The average molecular weight is 260 g/mol. The fraction of sp³-hybridized carbons (Fsp3) is 0.588. The fourth-order valence-corrected chi connectivity index (χ4v) is 2.87. The molecule has 1 aliphatic carbocycles. The van der Waals surface area contributed by atoms with E-state index in [1.807, 2.05) is 24.3 Å². The van der Waals surface area contributed by atoms with E-state index in [0.717, 1.165) is 43.2 Å². The lowest BCUT2D eigenvalue weighted by atomic mass is 9.94. The standard InChI is InChI=1S/C17H24O2/c1-2-3-4-7-16(18)14-11-9-13(10-12-14)15-6-5-8-17(15)19/h9-12,15-16,18H,2-8H2,1H3. The molecule has 0 heterocycles. The van der Waals surface area contributed by atoms with Crippen molar-refractivity contribution in [1.29, 1.82) is 0 Å². The minimum Gasteiger partial charge on any atom is -0.388 e. The molecule has 0 bridgehead atoms. The number of hydrogen-bond acceptors (Lipinski definition) is 2. The van der Waals surface area contributed by atoms with E-state index < -0.39 is 0 Å². The van der Waals surface area contributed by atoms with Gasteiger partial charge in [-0.15, -0.1) is 0 Å². The fourth-order valence-electron chi connectivity index (χ4n) is 2.87. The molecule has 0 aromatic heterocycles. The lowest BCUT2D eigenvalue weighted by molar-refractivity contribution is -0.118. The molecule has 1 N–H and O–H groups in total. The summed E-state index contributed by atoms with van der Waals surface area (Å²) in [5.74, 6) is 0.475. The van der Waals surface area contributed by atoms with Crippen LogP contribution in [-0.2, 0) is 4.79 Å². The molecule has 2 atom stereocenters. The van der Waals surface area contributed by atoms with E-state index in [2.05, 4.69) is 6.92 Å². The largest absolute Gasteiger partial charge is 0.388 e. The van der Waals surface area contributed by atoms with E-state index in [9.17, 15) is 9.90 Å². The molecule has 0 spiro atoms. The van der Waals surface area contributed by atoms with Crippen LogP contribution in [0.1, 0.15) is 75.0 Å². The Morgan fingerprint density at radius 1 is 1.26 bits per heavy atom. The van der Waals surface area contributed by atoms with Crippen LogP contribution in [0.15, 0.2) is 24.3 Å². The van der Waals surface area contributed by atoms with Crippen LogP contribution in [-0.4, -0.2) is 10.9 Å². The third-order valence-electron chi connectivity index (χ3n) is 4.11. The zero-order valence-corrected chi connectivity index (χ0v) is 11.8. The maximum atomic E-state index is 11.7. The van der Waals surface area contributed by atoms with Gasteiger partial charge in [0.25, 0.3) is 0 Å². The summed E-state index contributed by atoms with van der Waals surface area (Å²) in [5.41, 5.74) is 2.09. The van der Waals surface area contributed by atoms with Gasteiger partial charge < -0.3 is 5.11 Å². The zero-order valence-electron chi connectivity index (χ0n) is 11.8. The minimum absolute atomic E-state index is 0.103. The molecule has 1 saturated carbocycles. The molecule has 0 amide bonds. The lowest BCUT2D eigenvalue weighted by Crippen LogP contribution is -2.05. The molecule has 0 saturated heterocycles. The van der Waals surface area contributed by atoms with Crippen molar-refractivity contribution >= 4 is 5.78 Å². The Morgan fingerprint density at radius 3 is 2.58 bits per heavy atom. The molecule has 0 radical (unpaired) electrons. The minimum atomic E-state index is -0.361. The second-order valence-electron chi connectivity index (χ2n) is 5.59.